The molecule has 1 aliphatic carbocycles. The number of ether oxygens (including phenoxy) is 1. The Balaban J connectivity index is 1.62. The highest BCUT2D eigenvalue weighted by Gasteiger charge is 2.31. The van der Waals surface area contributed by atoms with Gasteiger partial charge in [-0.25, -0.2) is 0 Å². The van der Waals surface area contributed by atoms with E-state index in [1.807, 2.05) is 18.2 Å². The molecule has 0 spiro atoms. The van der Waals surface area contributed by atoms with Gasteiger partial charge >= 0.3 is 6.18 Å². The molecule has 0 atom stereocenters. The summed E-state index contributed by atoms with van der Waals surface area (Å²) in [5, 5.41) is 2.64. The second-order valence-electron chi connectivity index (χ2n) is 6.48. The molecule has 1 aliphatic heterocycles. The van der Waals surface area contributed by atoms with E-state index in [0.717, 1.165) is 43.7 Å². The van der Waals surface area contributed by atoms with Crippen molar-refractivity contribution in [1.82, 2.24) is 5.32 Å². The lowest BCUT2D eigenvalue weighted by Gasteiger charge is -2.40. The molecule has 1 aromatic rings. The van der Waals surface area contributed by atoms with E-state index in [9.17, 15) is 13.2 Å². The van der Waals surface area contributed by atoms with Crippen molar-refractivity contribution in [3.8, 4) is 5.75 Å². The molecule has 1 saturated carbocycles. The van der Waals surface area contributed by atoms with Crippen molar-refractivity contribution < 1.29 is 17.9 Å². The molecule has 2 aliphatic rings. The van der Waals surface area contributed by atoms with Gasteiger partial charge in [0.1, 0.15) is 5.75 Å². The summed E-state index contributed by atoms with van der Waals surface area (Å²) in [6, 6.07) is 6.38. The largest absolute Gasteiger partial charge is 0.497 e. The topological polar surface area (TPSA) is 24.5 Å². The lowest BCUT2D eigenvalue weighted by Crippen LogP contribution is -2.45. The number of benzene rings is 1. The van der Waals surface area contributed by atoms with E-state index in [2.05, 4.69) is 22.4 Å². The summed E-state index contributed by atoms with van der Waals surface area (Å²) >= 11 is 0. The van der Waals surface area contributed by atoms with Gasteiger partial charge in [-0.1, -0.05) is 12.2 Å². The van der Waals surface area contributed by atoms with Gasteiger partial charge in [0.05, 0.1) is 13.7 Å². The van der Waals surface area contributed by atoms with Crippen molar-refractivity contribution in [3.05, 3.63) is 29.8 Å². The summed E-state index contributed by atoms with van der Waals surface area (Å²) in [4.78, 5) is 2.36. The monoisotopic (exact) mass is 340 g/mol. The van der Waals surface area contributed by atoms with Crippen LogP contribution in [0.1, 0.15) is 31.2 Å². The second kappa shape index (κ2) is 7.05. The molecule has 3 nitrogen and oxygen atoms in total. The zero-order valence-corrected chi connectivity index (χ0v) is 13.8. The van der Waals surface area contributed by atoms with Gasteiger partial charge in [-0.2, -0.15) is 13.2 Å². The number of nitrogens with zero attached hydrogens (tertiary/aromatic N) is 1. The maximum Gasteiger partial charge on any atom is 0.401 e. The third-order valence-electron chi connectivity index (χ3n) is 4.88. The molecular weight excluding hydrogens is 317 g/mol. The summed E-state index contributed by atoms with van der Waals surface area (Å²) in [6.07, 6.45) is 3.48. The maximum absolute atomic E-state index is 12.3. The van der Waals surface area contributed by atoms with E-state index in [-0.39, 0.29) is 6.04 Å². The van der Waals surface area contributed by atoms with Crippen molar-refractivity contribution in [2.45, 2.75) is 43.9 Å². The number of nitrogens with one attached hydrogen (secondary N) is 1. The van der Waals surface area contributed by atoms with E-state index in [0.29, 0.717) is 6.04 Å². The van der Waals surface area contributed by atoms with Crippen LogP contribution in [0, 0.1) is 0 Å². The van der Waals surface area contributed by atoms with Crippen LogP contribution in [-0.4, -0.2) is 38.5 Å². The summed E-state index contributed by atoms with van der Waals surface area (Å²) in [5.41, 5.74) is 2.32. The predicted molar refractivity (Wildman–Crippen MR) is 89.5 cm³/mol. The van der Waals surface area contributed by atoms with Gasteiger partial charge in [-0.15, -0.1) is 0 Å². The second-order valence-corrected chi connectivity index (χ2v) is 6.48. The lowest BCUT2D eigenvalue weighted by molar-refractivity contribution is -0.126. The molecular formula is C18H23F3N2O. The number of fused-ring (bicyclic) bond motifs is 1. The van der Waals surface area contributed by atoms with Crippen molar-refractivity contribution in [2.75, 3.05) is 25.1 Å². The lowest BCUT2D eigenvalue weighted by atomic mass is 9.89. The van der Waals surface area contributed by atoms with Crippen LogP contribution in [0.25, 0.3) is 6.08 Å². The fourth-order valence-corrected chi connectivity index (χ4v) is 3.63. The zero-order chi connectivity index (χ0) is 17.2. The molecule has 0 amide bonds. The molecule has 1 fully saturated rings. The first-order valence-corrected chi connectivity index (χ1v) is 8.37. The fourth-order valence-electron chi connectivity index (χ4n) is 3.63. The highest BCUT2D eigenvalue weighted by Crippen LogP contribution is 2.35. The van der Waals surface area contributed by atoms with Crippen molar-refractivity contribution >= 4 is 11.8 Å². The first kappa shape index (κ1) is 17.1. The van der Waals surface area contributed by atoms with E-state index in [4.69, 9.17) is 4.74 Å². The van der Waals surface area contributed by atoms with Gasteiger partial charge in [0.15, 0.2) is 0 Å². The quantitative estimate of drug-likeness (QED) is 0.897. The number of hydrogen-bond donors (Lipinski definition) is 1. The standard InChI is InChI=1S/C18H23F3N2O/c1-24-16-9-4-13-3-2-10-23(17(13)11-16)15-7-5-14(6-8-15)22-12-18(19,20)21/h2-4,9,11,14-15,22H,5-8,10,12H2,1H3. The molecule has 1 heterocycles. The van der Waals surface area contributed by atoms with Crippen LogP contribution < -0.4 is 15.0 Å². The summed E-state index contributed by atoms with van der Waals surface area (Å²) in [7, 11) is 1.66. The molecule has 0 aromatic heterocycles. The van der Waals surface area contributed by atoms with E-state index in [1.165, 1.54) is 5.56 Å². The molecule has 0 radical (unpaired) electrons. The predicted octanol–water partition coefficient (Wildman–Crippen LogP) is 3.99. The summed E-state index contributed by atoms with van der Waals surface area (Å²) in [5.74, 6) is 0.828. The molecule has 132 valence electrons. The van der Waals surface area contributed by atoms with Crippen LogP contribution >= 0.6 is 0 Å². The highest BCUT2D eigenvalue weighted by atomic mass is 19.4. The fraction of sp³-hybridized carbons (Fsp3) is 0.556. The summed E-state index contributed by atoms with van der Waals surface area (Å²) < 4.78 is 42.3. The third kappa shape index (κ3) is 4.04. The minimum absolute atomic E-state index is 0.0343. The Kier molecular flexibility index (Phi) is 5.04. The molecule has 1 N–H and O–H groups in total. The van der Waals surface area contributed by atoms with Crippen LogP contribution in [0.2, 0.25) is 0 Å². The molecule has 3 rings (SSSR count). The minimum atomic E-state index is -4.13. The Morgan fingerprint density at radius 1 is 1.21 bits per heavy atom. The normalized spacial score (nSPS) is 23.9. The molecule has 0 unspecified atom stereocenters. The molecule has 6 heteroatoms. The smallest absolute Gasteiger partial charge is 0.401 e. The Morgan fingerprint density at radius 3 is 2.62 bits per heavy atom. The summed E-state index contributed by atoms with van der Waals surface area (Å²) in [6.45, 7) is -0.0553. The van der Waals surface area contributed by atoms with Crippen LogP contribution in [0.3, 0.4) is 0 Å². The van der Waals surface area contributed by atoms with E-state index >= 15 is 0 Å². The van der Waals surface area contributed by atoms with Gasteiger partial charge in [0, 0.05) is 30.4 Å². The Hall–Kier alpha value is -1.69. The molecule has 1 aromatic carbocycles. The van der Waals surface area contributed by atoms with E-state index < -0.39 is 12.7 Å². The molecule has 24 heavy (non-hydrogen) atoms. The average molecular weight is 340 g/mol. The van der Waals surface area contributed by atoms with Gasteiger partial charge in [0.2, 0.25) is 0 Å². The van der Waals surface area contributed by atoms with Gasteiger partial charge in [-0.3, -0.25) is 0 Å². The minimum Gasteiger partial charge on any atom is -0.497 e. The number of halogens is 3. The van der Waals surface area contributed by atoms with Crippen LogP contribution in [0.5, 0.6) is 5.75 Å². The number of methoxy groups -OCH3 is 1. The van der Waals surface area contributed by atoms with Crippen molar-refractivity contribution in [3.63, 3.8) is 0 Å². The van der Waals surface area contributed by atoms with Gasteiger partial charge in [0.25, 0.3) is 0 Å². The maximum atomic E-state index is 12.3. The number of anilines is 1. The Morgan fingerprint density at radius 2 is 1.96 bits per heavy atom. The zero-order valence-electron chi connectivity index (χ0n) is 13.8. The van der Waals surface area contributed by atoms with Crippen LogP contribution in [0.4, 0.5) is 18.9 Å². The van der Waals surface area contributed by atoms with Crippen molar-refractivity contribution in [2.24, 2.45) is 0 Å². The number of alkyl halides is 3. The van der Waals surface area contributed by atoms with Gasteiger partial charge in [-0.05, 0) is 43.4 Å². The first-order valence-electron chi connectivity index (χ1n) is 8.37. The Bertz CT molecular complexity index is 592. The van der Waals surface area contributed by atoms with E-state index in [1.54, 1.807) is 7.11 Å². The number of hydrogen-bond acceptors (Lipinski definition) is 3. The van der Waals surface area contributed by atoms with Crippen molar-refractivity contribution in [1.29, 1.82) is 0 Å². The molecule has 0 bridgehead atoms. The first-order chi connectivity index (χ1) is 11.5. The number of rotatable bonds is 4. The van der Waals surface area contributed by atoms with Crippen LogP contribution in [-0.2, 0) is 0 Å². The van der Waals surface area contributed by atoms with Gasteiger partial charge < -0.3 is 15.0 Å². The highest BCUT2D eigenvalue weighted by molar-refractivity contribution is 5.73. The Labute approximate surface area is 140 Å². The molecule has 0 saturated heterocycles. The SMILES string of the molecule is COc1ccc2c(c1)N(C1CCC(NCC(F)(F)F)CC1)CC=C2. The third-order valence-corrected chi connectivity index (χ3v) is 4.88. The van der Waals surface area contributed by atoms with Crippen LogP contribution in [0.15, 0.2) is 24.3 Å². The average Bonchev–Trinajstić information content (AvgIpc) is 2.59.